The molecule has 0 unspecified atom stereocenters. The average molecular weight is 285 g/mol. The summed E-state index contributed by atoms with van der Waals surface area (Å²) in [5.41, 5.74) is 8.26. The molecule has 0 radical (unpaired) electrons. The number of amides is 2. The monoisotopic (exact) mass is 285 g/mol. The number of methoxy groups -OCH3 is 1. The number of nitrogens with one attached hydrogen (secondary N) is 2. The van der Waals surface area contributed by atoms with Gasteiger partial charge in [-0.3, -0.25) is 0 Å². The lowest BCUT2D eigenvalue weighted by Gasteiger charge is -2.11. The molecular formula is C16H19N3O2. The van der Waals surface area contributed by atoms with E-state index in [1.807, 2.05) is 36.4 Å². The van der Waals surface area contributed by atoms with E-state index in [9.17, 15) is 4.79 Å². The van der Waals surface area contributed by atoms with Crippen molar-refractivity contribution in [1.29, 1.82) is 0 Å². The Morgan fingerprint density at radius 3 is 2.43 bits per heavy atom. The van der Waals surface area contributed by atoms with Gasteiger partial charge in [0.1, 0.15) is 5.75 Å². The van der Waals surface area contributed by atoms with E-state index in [0.717, 1.165) is 11.1 Å². The summed E-state index contributed by atoms with van der Waals surface area (Å²) in [6.45, 7) is 0.966. The fourth-order valence-electron chi connectivity index (χ4n) is 1.89. The molecule has 5 nitrogen and oxygen atoms in total. The number of ether oxygens (including phenoxy) is 1. The first kappa shape index (κ1) is 14.9. The molecule has 0 aliphatic heterocycles. The summed E-state index contributed by atoms with van der Waals surface area (Å²) in [5.74, 6) is 0.625. The number of hydrogen-bond acceptors (Lipinski definition) is 3. The molecule has 4 N–H and O–H groups in total. The van der Waals surface area contributed by atoms with Crippen molar-refractivity contribution in [2.75, 3.05) is 12.4 Å². The molecule has 0 atom stereocenters. The van der Waals surface area contributed by atoms with Crippen LogP contribution in [0.1, 0.15) is 11.1 Å². The maximum Gasteiger partial charge on any atom is 0.319 e. The van der Waals surface area contributed by atoms with Gasteiger partial charge < -0.3 is 21.1 Å². The summed E-state index contributed by atoms with van der Waals surface area (Å²) in [7, 11) is 1.57. The van der Waals surface area contributed by atoms with Crippen LogP contribution in [0.5, 0.6) is 5.75 Å². The molecule has 0 fully saturated rings. The Bertz CT molecular complexity index is 597. The van der Waals surface area contributed by atoms with E-state index < -0.39 is 0 Å². The summed E-state index contributed by atoms with van der Waals surface area (Å²) in [4.78, 5) is 11.9. The number of benzene rings is 2. The highest BCUT2D eigenvalue weighted by molar-refractivity contribution is 5.90. The lowest BCUT2D eigenvalue weighted by molar-refractivity contribution is 0.251. The second-order valence-electron chi connectivity index (χ2n) is 4.53. The predicted octanol–water partition coefficient (Wildman–Crippen LogP) is 2.48. The van der Waals surface area contributed by atoms with Gasteiger partial charge in [-0.25, -0.2) is 4.79 Å². The first-order valence-electron chi connectivity index (χ1n) is 6.68. The van der Waals surface area contributed by atoms with Gasteiger partial charge in [-0.2, -0.15) is 0 Å². The number of nitrogens with two attached hydrogens (primary N) is 1. The molecule has 0 spiro atoms. The van der Waals surface area contributed by atoms with Crippen molar-refractivity contribution in [2.24, 2.45) is 5.73 Å². The zero-order valence-corrected chi connectivity index (χ0v) is 11.9. The summed E-state index contributed by atoms with van der Waals surface area (Å²) >= 11 is 0. The molecule has 5 heteroatoms. The van der Waals surface area contributed by atoms with Gasteiger partial charge in [0, 0.05) is 13.1 Å². The summed E-state index contributed by atoms with van der Waals surface area (Å²) in [6, 6.07) is 14.8. The second kappa shape index (κ2) is 7.31. The molecule has 0 heterocycles. The van der Waals surface area contributed by atoms with Crippen molar-refractivity contribution in [3.05, 3.63) is 59.7 Å². The molecule has 0 aliphatic carbocycles. The van der Waals surface area contributed by atoms with Crippen LogP contribution in [0, 0.1) is 0 Å². The van der Waals surface area contributed by atoms with Gasteiger partial charge in [-0.15, -0.1) is 0 Å². The fraction of sp³-hybridized carbons (Fsp3) is 0.188. The van der Waals surface area contributed by atoms with Crippen LogP contribution in [0.2, 0.25) is 0 Å². The van der Waals surface area contributed by atoms with Crippen LogP contribution < -0.4 is 21.1 Å². The zero-order chi connectivity index (χ0) is 15.1. The highest BCUT2D eigenvalue weighted by Gasteiger charge is 2.06. The number of urea groups is 1. The number of hydrogen-bond donors (Lipinski definition) is 3. The third kappa shape index (κ3) is 4.22. The van der Waals surface area contributed by atoms with Crippen molar-refractivity contribution in [3.63, 3.8) is 0 Å². The number of para-hydroxylation sites is 2. The number of carbonyl (C=O) groups excluding carboxylic acids is 1. The molecule has 21 heavy (non-hydrogen) atoms. The van der Waals surface area contributed by atoms with E-state index in [0.29, 0.717) is 24.5 Å². The third-order valence-corrected chi connectivity index (χ3v) is 3.07. The Balaban J connectivity index is 1.89. The van der Waals surface area contributed by atoms with E-state index in [4.69, 9.17) is 10.5 Å². The summed E-state index contributed by atoms with van der Waals surface area (Å²) < 4.78 is 5.18. The second-order valence-corrected chi connectivity index (χ2v) is 4.53. The maximum atomic E-state index is 11.9. The Labute approximate surface area is 124 Å². The van der Waals surface area contributed by atoms with Crippen LogP contribution in [-0.4, -0.2) is 13.1 Å². The average Bonchev–Trinajstić information content (AvgIpc) is 2.54. The third-order valence-electron chi connectivity index (χ3n) is 3.07. The molecule has 0 aliphatic rings. The summed E-state index contributed by atoms with van der Waals surface area (Å²) in [6.07, 6.45) is 0. The van der Waals surface area contributed by atoms with Gasteiger partial charge in [-0.05, 0) is 23.3 Å². The van der Waals surface area contributed by atoms with Gasteiger partial charge >= 0.3 is 6.03 Å². The molecule has 110 valence electrons. The van der Waals surface area contributed by atoms with Gasteiger partial charge in [0.2, 0.25) is 0 Å². The molecule has 0 aromatic heterocycles. The minimum atomic E-state index is -0.276. The Morgan fingerprint density at radius 2 is 1.76 bits per heavy atom. The van der Waals surface area contributed by atoms with Gasteiger partial charge in [0.05, 0.1) is 12.8 Å². The number of carbonyl (C=O) groups is 1. The molecule has 0 bridgehead atoms. The standard InChI is InChI=1S/C16H19N3O2/c1-21-15-5-3-2-4-14(15)19-16(20)18-11-13-8-6-12(10-17)7-9-13/h2-9H,10-11,17H2,1H3,(H2,18,19,20). The molecule has 0 saturated carbocycles. The lowest BCUT2D eigenvalue weighted by atomic mass is 10.1. The normalized spacial score (nSPS) is 10.0. The number of anilines is 1. The molecule has 2 aromatic carbocycles. The van der Waals surface area contributed by atoms with Crippen LogP contribution in [-0.2, 0) is 13.1 Å². The van der Waals surface area contributed by atoms with Crippen LogP contribution >= 0.6 is 0 Å². The van der Waals surface area contributed by atoms with Crippen LogP contribution in [0.15, 0.2) is 48.5 Å². The van der Waals surface area contributed by atoms with Gasteiger partial charge in [0.15, 0.2) is 0 Å². The highest BCUT2D eigenvalue weighted by atomic mass is 16.5. The van der Waals surface area contributed by atoms with Crippen LogP contribution in [0.3, 0.4) is 0 Å². The quantitative estimate of drug-likeness (QED) is 0.790. The van der Waals surface area contributed by atoms with Gasteiger partial charge in [-0.1, -0.05) is 36.4 Å². The van der Waals surface area contributed by atoms with Crippen LogP contribution in [0.4, 0.5) is 10.5 Å². The van der Waals surface area contributed by atoms with Crippen LogP contribution in [0.25, 0.3) is 0 Å². The van der Waals surface area contributed by atoms with E-state index in [1.54, 1.807) is 19.2 Å². The minimum Gasteiger partial charge on any atom is -0.495 e. The molecular weight excluding hydrogens is 266 g/mol. The topological polar surface area (TPSA) is 76.4 Å². The Kier molecular flexibility index (Phi) is 5.17. The smallest absolute Gasteiger partial charge is 0.319 e. The maximum absolute atomic E-state index is 11.9. The van der Waals surface area contributed by atoms with E-state index in [2.05, 4.69) is 10.6 Å². The van der Waals surface area contributed by atoms with E-state index in [1.165, 1.54) is 0 Å². The van der Waals surface area contributed by atoms with Crippen molar-refractivity contribution in [1.82, 2.24) is 5.32 Å². The first-order valence-corrected chi connectivity index (χ1v) is 6.68. The molecule has 2 rings (SSSR count). The SMILES string of the molecule is COc1ccccc1NC(=O)NCc1ccc(CN)cc1. The van der Waals surface area contributed by atoms with E-state index in [-0.39, 0.29) is 6.03 Å². The largest absolute Gasteiger partial charge is 0.495 e. The first-order chi connectivity index (χ1) is 10.2. The Morgan fingerprint density at radius 1 is 1.10 bits per heavy atom. The van der Waals surface area contributed by atoms with Crippen molar-refractivity contribution in [3.8, 4) is 5.75 Å². The highest BCUT2D eigenvalue weighted by Crippen LogP contribution is 2.22. The van der Waals surface area contributed by atoms with Crippen molar-refractivity contribution >= 4 is 11.7 Å². The zero-order valence-electron chi connectivity index (χ0n) is 11.9. The Hall–Kier alpha value is -2.53. The predicted molar refractivity (Wildman–Crippen MR) is 83.2 cm³/mol. The van der Waals surface area contributed by atoms with Gasteiger partial charge in [0.25, 0.3) is 0 Å². The molecule has 2 aromatic rings. The fourth-order valence-corrected chi connectivity index (χ4v) is 1.89. The molecule has 0 saturated heterocycles. The van der Waals surface area contributed by atoms with E-state index >= 15 is 0 Å². The lowest BCUT2D eigenvalue weighted by Crippen LogP contribution is -2.28. The van der Waals surface area contributed by atoms with Crippen molar-refractivity contribution in [2.45, 2.75) is 13.1 Å². The minimum absolute atomic E-state index is 0.276. The summed E-state index contributed by atoms with van der Waals surface area (Å²) in [5, 5.41) is 5.56. The number of rotatable bonds is 5. The molecule has 2 amide bonds. The van der Waals surface area contributed by atoms with Crippen molar-refractivity contribution < 1.29 is 9.53 Å².